The Morgan fingerprint density at radius 2 is 2.00 bits per heavy atom. The highest BCUT2D eigenvalue weighted by atomic mass is 32.2. The Morgan fingerprint density at radius 1 is 1.25 bits per heavy atom. The van der Waals surface area contributed by atoms with Gasteiger partial charge in [-0.2, -0.15) is 0 Å². The summed E-state index contributed by atoms with van der Waals surface area (Å²) in [6, 6.07) is 7.55. The van der Waals surface area contributed by atoms with Crippen molar-refractivity contribution in [3.8, 4) is 0 Å². The van der Waals surface area contributed by atoms with Gasteiger partial charge in [-0.3, -0.25) is 4.79 Å². The van der Waals surface area contributed by atoms with Crippen LogP contribution >= 0.6 is 0 Å². The largest absolute Gasteiger partial charge is 0.356 e. The molecule has 0 unspecified atom stereocenters. The first-order valence-corrected chi connectivity index (χ1v) is 11.3. The molecule has 2 aromatic rings. The van der Waals surface area contributed by atoms with Crippen LogP contribution in [-0.2, 0) is 27.1 Å². The van der Waals surface area contributed by atoms with Gasteiger partial charge in [0, 0.05) is 44.5 Å². The number of carbonyl (C=O) groups excluding carboxylic acids is 1. The van der Waals surface area contributed by atoms with Crippen molar-refractivity contribution >= 4 is 15.9 Å². The molecule has 1 fully saturated rings. The van der Waals surface area contributed by atoms with Crippen LogP contribution in [0.15, 0.2) is 43.0 Å². The summed E-state index contributed by atoms with van der Waals surface area (Å²) in [6.07, 6.45) is 7.37. The molecule has 8 heteroatoms. The van der Waals surface area contributed by atoms with E-state index in [4.69, 9.17) is 0 Å². The second-order valence-corrected chi connectivity index (χ2v) is 9.27. The minimum Gasteiger partial charge on any atom is -0.356 e. The average molecular weight is 405 g/mol. The molecule has 1 saturated heterocycles. The van der Waals surface area contributed by atoms with E-state index < -0.39 is 10.0 Å². The van der Waals surface area contributed by atoms with Crippen molar-refractivity contribution in [3.63, 3.8) is 0 Å². The van der Waals surface area contributed by atoms with E-state index in [1.54, 1.807) is 12.5 Å². The Bertz CT molecular complexity index is 873. The van der Waals surface area contributed by atoms with Crippen molar-refractivity contribution in [2.45, 2.75) is 38.5 Å². The Labute approximate surface area is 166 Å². The highest BCUT2D eigenvalue weighted by Crippen LogP contribution is 2.22. The molecule has 0 atom stereocenters. The summed E-state index contributed by atoms with van der Waals surface area (Å²) in [7, 11) is -3.36. The van der Waals surface area contributed by atoms with Crippen LogP contribution in [0.4, 0.5) is 0 Å². The summed E-state index contributed by atoms with van der Waals surface area (Å²) < 4.78 is 29.0. The normalized spacial score (nSPS) is 16.2. The fraction of sp³-hybridized carbons (Fsp3) is 0.500. The number of imidazole rings is 1. The van der Waals surface area contributed by atoms with Crippen molar-refractivity contribution < 1.29 is 13.2 Å². The number of amides is 1. The number of aryl methyl sites for hydroxylation is 2. The van der Waals surface area contributed by atoms with Gasteiger partial charge in [0.05, 0.1) is 12.1 Å². The first kappa shape index (κ1) is 20.5. The number of nitrogens with one attached hydrogen (secondary N) is 1. The number of rotatable bonds is 8. The van der Waals surface area contributed by atoms with Crippen LogP contribution < -0.4 is 5.32 Å². The zero-order chi connectivity index (χ0) is 20.0. The zero-order valence-electron chi connectivity index (χ0n) is 16.3. The maximum absolute atomic E-state index is 12.7. The van der Waals surface area contributed by atoms with Crippen LogP contribution in [0.25, 0.3) is 0 Å². The molecule has 1 N–H and O–H groups in total. The molecule has 0 radical (unpaired) electrons. The number of sulfonamides is 1. The zero-order valence-corrected chi connectivity index (χ0v) is 17.1. The molecular formula is C20H28N4O3S. The van der Waals surface area contributed by atoms with Gasteiger partial charge >= 0.3 is 0 Å². The number of benzene rings is 1. The molecule has 0 bridgehead atoms. The molecule has 0 spiro atoms. The molecule has 152 valence electrons. The molecule has 0 saturated carbocycles. The number of carbonyl (C=O) groups is 1. The van der Waals surface area contributed by atoms with E-state index in [1.165, 1.54) is 4.31 Å². The van der Waals surface area contributed by atoms with Crippen molar-refractivity contribution in [2.24, 2.45) is 5.92 Å². The van der Waals surface area contributed by atoms with Gasteiger partial charge in [-0.05, 0) is 37.3 Å². The third kappa shape index (κ3) is 5.42. The molecule has 28 heavy (non-hydrogen) atoms. The first-order chi connectivity index (χ1) is 13.5. The van der Waals surface area contributed by atoms with Gasteiger partial charge < -0.3 is 9.88 Å². The minimum absolute atomic E-state index is 0.0186. The van der Waals surface area contributed by atoms with E-state index in [9.17, 15) is 13.2 Å². The second kappa shape index (κ2) is 9.34. The maximum Gasteiger partial charge on any atom is 0.223 e. The lowest BCUT2D eigenvalue weighted by Gasteiger charge is -2.30. The molecule has 1 aliphatic rings. The third-order valence-corrected chi connectivity index (χ3v) is 7.10. The van der Waals surface area contributed by atoms with E-state index in [0.29, 0.717) is 32.5 Å². The number of piperidine rings is 1. The average Bonchev–Trinajstić information content (AvgIpc) is 3.20. The highest BCUT2D eigenvalue weighted by molar-refractivity contribution is 7.88. The van der Waals surface area contributed by atoms with Gasteiger partial charge in [-0.15, -0.1) is 0 Å². The summed E-state index contributed by atoms with van der Waals surface area (Å²) in [5.41, 5.74) is 1.82. The van der Waals surface area contributed by atoms with Crippen molar-refractivity contribution in [3.05, 3.63) is 54.1 Å². The summed E-state index contributed by atoms with van der Waals surface area (Å²) in [6.45, 7) is 4.16. The molecule has 1 amide bonds. The smallest absolute Gasteiger partial charge is 0.223 e. The van der Waals surface area contributed by atoms with Crippen LogP contribution in [0.3, 0.4) is 0 Å². The first-order valence-electron chi connectivity index (χ1n) is 9.71. The quantitative estimate of drug-likeness (QED) is 0.682. The van der Waals surface area contributed by atoms with E-state index in [2.05, 4.69) is 10.3 Å². The van der Waals surface area contributed by atoms with E-state index in [-0.39, 0.29) is 17.6 Å². The van der Waals surface area contributed by atoms with Gasteiger partial charge in [0.2, 0.25) is 15.9 Å². The van der Waals surface area contributed by atoms with Crippen molar-refractivity contribution in [2.75, 3.05) is 19.6 Å². The van der Waals surface area contributed by atoms with Gasteiger partial charge in [0.25, 0.3) is 0 Å². The standard InChI is InChI=1S/C20H28N4O3S/c1-17-5-2-3-6-19(17)15-28(26,27)24-12-7-18(8-13-24)20(25)22-9-4-11-23-14-10-21-16-23/h2-3,5-6,10,14,16,18H,4,7-9,11-13,15H2,1H3,(H,22,25). The number of nitrogens with zero attached hydrogens (tertiary/aromatic N) is 3. The van der Waals surface area contributed by atoms with E-state index in [1.807, 2.05) is 42.0 Å². The highest BCUT2D eigenvalue weighted by Gasteiger charge is 2.31. The monoisotopic (exact) mass is 404 g/mol. The number of aromatic nitrogens is 2. The molecule has 1 aromatic heterocycles. The van der Waals surface area contributed by atoms with Crippen LogP contribution in [0.2, 0.25) is 0 Å². The number of hydrogen-bond donors (Lipinski definition) is 1. The maximum atomic E-state index is 12.7. The van der Waals surface area contributed by atoms with Gasteiger partial charge in [-0.1, -0.05) is 24.3 Å². The lowest BCUT2D eigenvalue weighted by molar-refractivity contribution is -0.126. The molecule has 1 aliphatic heterocycles. The summed E-state index contributed by atoms with van der Waals surface area (Å²) in [5, 5.41) is 2.98. The second-order valence-electron chi connectivity index (χ2n) is 7.30. The SMILES string of the molecule is Cc1ccccc1CS(=O)(=O)N1CCC(C(=O)NCCCn2ccnc2)CC1. The molecular weight excluding hydrogens is 376 g/mol. The summed E-state index contributed by atoms with van der Waals surface area (Å²) in [5.74, 6) is -0.0649. The Hall–Kier alpha value is -2.19. The Kier molecular flexibility index (Phi) is 6.85. The minimum atomic E-state index is -3.36. The molecule has 0 aliphatic carbocycles. The van der Waals surface area contributed by atoms with Crippen LogP contribution in [0, 0.1) is 12.8 Å². The summed E-state index contributed by atoms with van der Waals surface area (Å²) in [4.78, 5) is 16.3. The Morgan fingerprint density at radius 3 is 2.68 bits per heavy atom. The van der Waals surface area contributed by atoms with Gasteiger partial charge in [-0.25, -0.2) is 17.7 Å². The fourth-order valence-corrected chi connectivity index (χ4v) is 5.16. The van der Waals surface area contributed by atoms with Crippen molar-refractivity contribution in [1.82, 2.24) is 19.2 Å². The topological polar surface area (TPSA) is 84.3 Å². The molecule has 1 aromatic carbocycles. The summed E-state index contributed by atoms with van der Waals surface area (Å²) >= 11 is 0. The molecule has 7 nitrogen and oxygen atoms in total. The predicted octanol–water partition coefficient (Wildman–Crippen LogP) is 1.94. The molecule has 3 rings (SSSR count). The Balaban J connectivity index is 1.43. The fourth-order valence-electron chi connectivity index (χ4n) is 3.49. The van der Waals surface area contributed by atoms with Crippen LogP contribution in [0.1, 0.15) is 30.4 Å². The van der Waals surface area contributed by atoms with Crippen LogP contribution in [-0.4, -0.2) is 47.8 Å². The van der Waals surface area contributed by atoms with E-state index >= 15 is 0 Å². The van der Waals surface area contributed by atoms with Crippen molar-refractivity contribution in [1.29, 1.82) is 0 Å². The van der Waals surface area contributed by atoms with Crippen LogP contribution in [0.5, 0.6) is 0 Å². The van der Waals surface area contributed by atoms with Gasteiger partial charge in [0.15, 0.2) is 0 Å². The lowest BCUT2D eigenvalue weighted by Crippen LogP contribution is -2.43. The number of hydrogen-bond acceptors (Lipinski definition) is 4. The molecule has 2 heterocycles. The predicted molar refractivity (Wildman–Crippen MR) is 108 cm³/mol. The lowest BCUT2D eigenvalue weighted by atomic mass is 9.97. The third-order valence-electron chi connectivity index (χ3n) is 5.27. The van der Waals surface area contributed by atoms with E-state index in [0.717, 1.165) is 24.1 Å². The van der Waals surface area contributed by atoms with Gasteiger partial charge in [0.1, 0.15) is 0 Å².